The van der Waals surface area contributed by atoms with Crippen LogP contribution in [0.15, 0.2) is 42.6 Å². The molecule has 2 aromatic rings. The Bertz CT molecular complexity index is 659. The van der Waals surface area contributed by atoms with Crippen LogP contribution < -0.4 is 10.1 Å². The van der Waals surface area contributed by atoms with E-state index in [1.807, 2.05) is 18.2 Å². The van der Waals surface area contributed by atoms with Crippen molar-refractivity contribution in [2.75, 3.05) is 31.6 Å². The van der Waals surface area contributed by atoms with Crippen LogP contribution in [-0.4, -0.2) is 36.1 Å². The number of pyridine rings is 1. The lowest BCUT2D eigenvalue weighted by atomic mass is 10.1. The van der Waals surface area contributed by atoms with Crippen molar-refractivity contribution in [2.24, 2.45) is 0 Å². The van der Waals surface area contributed by atoms with Gasteiger partial charge in [-0.3, -0.25) is 4.90 Å². The van der Waals surface area contributed by atoms with Gasteiger partial charge in [-0.2, -0.15) is 0 Å². The van der Waals surface area contributed by atoms with Crippen molar-refractivity contribution in [1.82, 2.24) is 9.88 Å². The number of benzene rings is 1. The smallest absolute Gasteiger partial charge is 0.144 e. The lowest BCUT2D eigenvalue weighted by Crippen LogP contribution is -2.29. The molecule has 0 amide bonds. The predicted molar refractivity (Wildman–Crippen MR) is 103 cm³/mol. The maximum atomic E-state index is 6.07. The first-order valence-electron chi connectivity index (χ1n) is 9.10. The van der Waals surface area contributed by atoms with Crippen molar-refractivity contribution in [3.63, 3.8) is 0 Å². The molecule has 4 nitrogen and oxygen atoms in total. The molecule has 0 bridgehead atoms. The largest absolute Gasteiger partial charge is 0.494 e. The van der Waals surface area contributed by atoms with Crippen molar-refractivity contribution in [2.45, 2.75) is 32.2 Å². The number of nitrogens with zero attached hydrogens (tertiary/aromatic N) is 2. The van der Waals surface area contributed by atoms with E-state index in [9.17, 15) is 0 Å². The molecule has 1 aromatic heterocycles. The number of rotatable bonds is 8. The van der Waals surface area contributed by atoms with Crippen LogP contribution in [0.5, 0.6) is 5.75 Å². The molecule has 1 fully saturated rings. The molecule has 0 saturated carbocycles. The highest BCUT2D eigenvalue weighted by Crippen LogP contribution is 2.19. The molecule has 0 aliphatic carbocycles. The van der Waals surface area contributed by atoms with Crippen LogP contribution in [0.4, 0.5) is 5.82 Å². The van der Waals surface area contributed by atoms with E-state index in [-0.39, 0.29) is 0 Å². The van der Waals surface area contributed by atoms with Crippen molar-refractivity contribution < 1.29 is 4.74 Å². The average molecular weight is 360 g/mol. The third-order valence-electron chi connectivity index (χ3n) is 4.39. The Morgan fingerprint density at radius 2 is 2.00 bits per heavy atom. The molecule has 0 radical (unpaired) electrons. The van der Waals surface area contributed by atoms with Gasteiger partial charge in [0.15, 0.2) is 0 Å². The standard InChI is InChI=1S/C20H26ClN3O/c21-19-9-5-10-22-20(19)23-11-6-14-25-18-8-4-7-17(15-18)16-24-12-2-1-3-13-24/h4-5,7-10,15H,1-3,6,11-14,16H2,(H,22,23). The minimum absolute atomic E-state index is 0.647. The summed E-state index contributed by atoms with van der Waals surface area (Å²) in [7, 11) is 0. The number of aromatic nitrogens is 1. The quantitative estimate of drug-likeness (QED) is 0.699. The van der Waals surface area contributed by atoms with Gasteiger partial charge >= 0.3 is 0 Å². The molecule has 134 valence electrons. The highest BCUT2D eigenvalue weighted by molar-refractivity contribution is 6.32. The Labute approximate surface area is 155 Å². The maximum absolute atomic E-state index is 6.07. The third kappa shape index (κ3) is 5.91. The van der Waals surface area contributed by atoms with Gasteiger partial charge in [-0.25, -0.2) is 4.98 Å². The molecule has 2 heterocycles. The molecular weight excluding hydrogens is 334 g/mol. The summed E-state index contributed by atoms with van der Waals surface area (Å²) in [5.41, 5.74) is 1.33. The lowest BCUT2D eigenvalue weighted by molar-refractivity contribution is 0.220. The van der Waals surface area contributed by atoms with Gasteiger partial charge < -0.3 is 10.1 Å². The van der Waals surface area contributed by atoms with Crippen LogP contribution in [0.3, 0.4) is 0 Å². The molecule has 0 unspecified atom stereocenters. The fourth-order valence-corrected chi connectivity index (χ4v) is 3.28. The second kappa shape index (κ2) is 9.64. The molecule has 0 atom stereocenters. The summed E-state index contributed by atoms with van der Waals surface area (Å²) < 4.78 is 5.89. The molecule has 1 aromatic carbocycles. The molecule has 0 spiro atoms. The van der Waals surface area contributed by atoms with Crippen LogP contribution in [0.25, 0.3) is 0 Å². The fraction of sp³-hybridized carbons (Fsp3) is 0.450. The zero-order chi connectivity index (χ0) is 17.3. The van der Waals surface area contributed by atoms with Gasteiger partial charge in [0.2, 0.25) is 0 Å². The van der Waals surface area contributed by atoms with E-state index in [4.69, 9.17) is 16.3 Å². The van der Waals surface area contributed by atoms with Crippen LogP contribution in [0.2, 0.25) is 5.02 Å². The van der Waals surface area contributed by atoms with Gasteiger partial charge in [0, 0.05) is 19.3 Å². The number of halogens is 1. The SMILES string of the molecule is Clc1cccnc1NCCCOc1cccc(CN2CCCCC2)c1. The Balaban J connectivity index is 1.39. The van der Waals surface area contributed by atoms with Crippen LogP contribution in [-0.2, 0) is 6.54 Å². The Hall–Kier alpha value is -1.78. The van der Waals surface area contributed by atoms with Crippen LogP contribution >= 0.6 is 11.6 Å². The van der Waals surface area contributed by atoms with Gasteiger partial charge in [-0.15, -0.1) is 0 Å². The Kier molecular flexibility index (Phi) is 6.95. The molecule has 1 saturated heterocycles. The van der Waals surface area contributed by atoms with E-state index in [1.165, 1.54) is 37.9 Å². The summed E-state index contributed by atoms with van der Waals surface area (Å²) in [5.74, 6) is 1.68. The monoisotopic (exact) mass is 359 g/mol. The number of anilines is 1. The normalized spacial score (nSPS) is 15.1. The number of hydrogen-bond acceptors (Lipinski definition) is 4. The molecule has 25 heavy (non-hydrogen) atoms. The maximum Gasteiger partial charge on any atom is 0.144 e. The van der Waals surface area contributed by atoms with Crippen LogP contribution in [0, 0.1) is 0 Å². The second-order valence-corrected chi connectivity index (χ2v) is 6.85. The van der Waals surface area contributed by atoms with Gasteiger partial charge in [0.1, 0.15) is 11.6 Å². The van der Waals surface area contributed by atoms with Crippen molar-refractivity contribution >= 4 is 17.4 Å². The van der Waals surface area contributed by atoms with E-state index < -0.39 is 0 Å². The van der Waals surface area contributed by atoms with Crippen molar-refractivity contribution in [1.29, 1.82) is 0 Å². The number of likely N-dealkylation sites (tertiary alicyclic amines) is 1. The number of piperidine rings is 1. The summed E-state index contributed by atoms with van der Waals surface area (Å²) >= 11 is 6.07. The van der Waals surface area contributed by atoms with Gasteiger partial charge in [-0.1, -0.05) is 30.2 Å². The number of ether oxygens (including phenoxy) is 1. The van der Waals surface area contributed by atoms with Gasteiger partial charge in [0.25, 0.3) is 0 Å². The topological polar surface area (TPSA) is 37.4 Å². The fourth-order valence-electron chi connectivity index (χ4n) is 3.09. The van der Waals surface area contributed by atoms with Gasteiger partial charge in [0.05, 0.1) is 11.6 Å². The number of hydrogen-bond donors (Lipinski definition) is 1. The Morgan fingerprint density at radius 3 is 2.84 bits per heavy atom. The van der Waals surface area contributed by atoms with E-state index in [2.05, 4.69) is 33.4 Å². The molecule has 1 aliphatic rings. The highest BCUT2D eigenvalue weighted by atomic mass is 35.5. The molecule has 5 heteroatoms. The van der Waals surface area contributed by atoms with E-state index >= 15 is 0 Å². The van der Waals surface area contributed by atoms with Crippen molar-refractivity contribution in [3.8, 4) is 5.75 Å². The minimum Gasteiger partial charge on any atom is -0.494 e. The van der Waals surface area contributed by atoms with Gasteiger partial charge in [-0.05, 0) is 62.2 Å². The highest BCUT2D eigenvalue weighted by Gasteiger charge is 2.10. The summed E-state index contributed by atoms with van der Waals surface area (Å²) in [6.07, 6.45) is 6.65. The van der Waals surface area contributed by atoms with E-state index in [0.29, 0.717) is 11.6 Å². The zero-order valence-corrected chi connectivity index (χ0v) is 15.3. The predicted octanol–water partition coefficient (Wildman–Crippen LogP) is 4.60. The first kappa shape index (κ1) is 18.0. The van der Waals surface area contributed by atoms with Crippen LogP contribution in [0.1, 0.15) is 31.2 Å². The van der Waals surface area contributed by atoms with E-state index in [0.717, 1.165) is 31.1 Å². The molecule has 1 N–H and O–H groups in total. The van der Waals surface area contributed by atoms with E-state index in [1.54, 1.807) is 6.20 Å². The summed E-state index contributed by atoms with van der Waals surface area (Å²) in [6.45, 7) is 4.91. The zero-order valence-electron chi connectivity index (χ0n) is 14.6. The van der Waals surface area contributed by atoms with Crippen molar-refractivity contribution in [3.05, 3.63) is 53.2 Å². The summed E-state index contributed by atoms with van der Waals surface area (Å²) in [5, 5.41) is 3.88. The molecular formula is C20H26ClN3O. The summed E-state index contributed by atoms with van der Waals surface area (Å²) in [6, 6.07) is 12.1. The molecule has 3 rings (SSSR count). The average Bonchev–Trinajstić information content (AvgIpc) is 2.64. The minimum atomic E-state index is 0.647. The third-order valence-corrected chi connectivity index (χ3v) is 4.70. The summed E-state index contributed by atoms with van der Waals surface area (Å²) in [4.78, 5) is 6.74. The first-order valence-corrected chi connectivity index (χ1v) is 9.47. The second-order valence-electron chi connectivity index (χ2n) is 6.45. The number of nitrogens with one attached hydrogen (secondary N) is 1. The Morgan fingerprint density at radius 1 is 1.12 bits per heavy atom. The first-order chi connectivity index (χ1) is 12.3. The molecule has 1 aliphatic heterocycles. The lowest BCUT2D eigenvalue weighted by Gasteiger charge is -2.26.